The molecule has 0 saturated carbocycles. The Morgan fingerprint density at radius 1 is 1.26 bits per heavy atom. The van der Waals surface area contributed by atoms with Crippen LogP contribution in [0.25, 0.3) is 0 Å². The molecule has 27 heavy (non-hydrogen) atoms. The number of nitrogens with zero attached hydrogens (tertiary/aromatic N) is 3. The minimum Gasteiger partial charge on any atom is -0.472 e. The third-order valence-electron chi connectivity index (χ3n) is 4.40. The highest BCUT2D eigenvalue weighted by molar-refractivity contribution is 6.99. The van der Waals surface area contributed by atoms with Gasteiger partial charge in [0.2, 0.25) is 11.8 Å². The van der Waals surface area contributed by atoms with Gasteiger partial charge in [0.05, 0.1) is 18.3 Å². The molecule has 1 aromatic heterocycles. The standard InChI is InChI=1S/C18H29N3O5S/c1-12(22)21(18(3,4)5)10-15(26-13(2)23)11-25-17-16(19-27-20-17)14-6-8-24-9-7-14/h14-15H,6-11H2,1-5H3/t15-/m0/s1. The van der Waals surface area contributed by atoms with Crippen LogP contribution in [0.15, 0.2) is 0 Å². The van der Waals surface area contributed by atoms with Crippen molar-refractivity contribution in [1.29, 1.82) is 0 Å². The predicted molar refractivity (Wildman–Crippen MR) is 101 cm³/mol. The molecule has 1 aliphatic rings. The van der Waals surface area contributed by atoms with Gasteiger partial charge in [-0.05, 0) is 33.6 Å². The Balaban J connectivity index is 2.05. The Hall–Kier alpha value is -1.74. The summed E-state index contributed by atoms with van der Waals surface area (Å²) in [5, 5.41) is 0. The molecule has 0 radical (unpaired) electrons. The van der Waals surface area contributed by atoms with Crippen molar-refractivity contribution < 1.29 is 23.8 Å². The van der Waals surface area contributed by atoms with Gasteiger partial charge in [-0.25, -0.2) is 0 Å². The van der Waals surface area contributed by atoms with Gasteiger partial charge < -0.3 is 19.1 Å². The fourth-order valence-corrected chi connectivity index (χ4v) is 3.69. The Bertz CT molecular complexity index is 637. The molecule has 1 fully saturated rings. The normalized spacial score (nSPS) is 16.6. The van der Waals surface area contributed by atoms with Crippen LogP contribution in [-0.4, -0.2) is 63.5 Å². The van der Waals surface area contributed by atoms with Crippen molar-refractivity contribution in [3.05, 3.63) is 5.69 Å². The van der Waals surface area contributed by atoms with Gasteiger partial charge in [0.1, 0.15) is 12.3 Å². The van der Waals surface area contributed by atoms with Gasteiger partial charge in [-0.15, -0.1) is 4.37 Å². The monoisotopic (exact) mass is 399 g/mol. The molecular formula is C18H29N3O5S. The molecule has 9 heteroatoms. The van der Waals surface area contributed by atoms with Gasteiger partial charge in [-0.2, -0.15) is 4.37 Å². The van der Waals surface area contributed by atoms with Crippen molar-refractivity contribution in [3.8, 4) is 5.88 Å². The predicted octanol–water partition coefficient (Wildman–Crippen LogP) is 2.39. The van der Waals surface area contributed by atoms with E-state index >= 15 is 0 Å². The summed E-state index contributed by atoms with van der Waals surface area (Å²) in [6, 6.07) is 0. The van der Waals surface area contributed by atoms with Crippen molar-refractivity contribution in [1.82, 2.24) is 13.6 Å². The number of carbonyl (C=O) groups excluding carboxylic acids is 2. The number of rotatable bonds is 7. The van der Waals surface area contributed by atoms with Gasteiger partial charge in [0, 0.05) is 38.5 Å². The number of esters is 1. The van der Waals surface area contributed by atoms with E-state index in [1.807, 2.05) is 20.8 Å². The third kappa shape index (κ3) is 6.42. The third-order valence-corrected chi connectivity index (χ3v) is 4.93. The van der Waals surface area contributed by atoms with Crippen molar-refractivity contribution in [2.45, 2.75) is 65.0 Å². The first-order valence-electron chi connectivity index (χ1n) is 9.17. The van der Waals surface area contributed by atoms with Crippen LogP contribution in [0.5, 0.6) is 5.88 Å². The molecule has 1 amide bonds. The summed E-state index contributed by atoms with van der Waals surface area (Å²) < 4.78 is 25.3. The van der Waals surface area contributed by atoms with Gasteiger partial charge in [-0.1, -0.05) is 0 Å². The number of hydrogen-bond donors (Lipinski definition) is 0. The van der Waals surface area contributed by atoms with E-state index in [0.29, 0.717) is 19.1 Å². The summed E-state index contributed by atoms with van der Waals surface area (Å²) in [4.78, 5) is 25.2. The van der Waals surface area contributed by atoms with Crippen molar-refractivity contribution >= 4 is 23.6 Å². The van der Waals surface area contributed by atoms with Crippen LogP contribution in [0, 0.1) is 0 Å². The van der Waals surface area contributed by atoms with Crippen LogP contribution in [0.1, 0.15) is 59.1 Å². The fourth-order valence-electron chi connectivity index (χ4n) is 3.12. The zero-order chi connectivity index (χ0) is 20.0. The maximum atomic E-state index is 12.0. The summed E-state index contributed by atoms with van der Waals surface area (Å²) in [5.41, 5.74) is 0.448. The lowest BCUT2D eigenvalue weighted by Gasteiger charge is -2.37. The summed E-state index contributed by atoms with van der Waals surface area (Å²) >= 11 is 1.11. The highest BCUT2D eigenvalue weighted by atomic mass is 32.1. The topological polar surface area (TPSA) is 90.8 Å². The minimum atomic E-state index is -0.588. The van der Waals surface area contributed by atoms with Crippen LogP contribution >= 0.6 is 11.7 Å². The highest BCUT2D eigenvalue weighted by Crippen LogP contribution is 2.32. The van der Waals surface area contributed by atoms with Gasteiger partial charge in [-0.3, -0.25) is 9.59 Å². The molecule has 2 heterocycles. The van der Waals surface area contributed by atoms with Gasteiger partial charge in [0.15, 0.2) is 6.10 Å². The first-order valence-corrected chi connectivity index (χ1v) is 9.90. The lowest BCUT2D eigenvalue weighted by atomic mass is 9.97. The van der Waals surface area contributed by atoms with Gasteiger partial charge in [0.25, 0.3) is 0 Å². The molecule has 0 bridgehead atoms. The number of carbonyl (C=O) groups is 2. The molecule has 1 saturated heterocycles. The molecule has 2 rings (SSSR count). The smallest absolute Gasteiger partial charge is 0.303 e. The zero-order valence-electron chi connectivity index (χ0n) is 16.7. The number of hydrogen-bond acceptors (Lipinski definition) is 8. The molecule has 152 valence electrons. The van der Waals surface area contributed by atoms with E-state index in [2.05, 4.69) is 8.75 Å². The second kappa shape index (κ2) is 9.45. The molecule has 1 atom stereocenters. The summed E-state index contributed by atoms with van der Waals surface area (Å²) in [7, 11) is 0. The summed E-state index contributed by atoms with van der Waals surface area (Å²) in [5.74, 6) is 0.247. The van der Waals surface area contributed by atoms with Crippen molar-refractivity contribution in [2.75, 3.05) is 26.4 Å². The maximum Gasteiger partial charge on any atom is 0.303 e. The molecule has 1 aliphatic heterocycles. The van der Waals surface area contributed by atoms with E-state index in [9.17, 15) is 9.59 Å². The maximum absolute atomic E-state index is 12.0. The van der Waals surface area contributed by atoms with E-state index in [0.717, 1.165) is 30.3 Å². The molecular weight excluding hydrogens is 370 g/mol. The van der Waals surface area contributed by atoms with Gasteiger partial charge >= 0.3 is 5.97 Å². The van der Waals surface area contributed by atoms with E-state index in [1.54, 1.807) is 4.90 Å². The quantitative estimate of drug-likeness (QED) is 0.650. The molecule has 0 unspecified atom stereocenters. The van der Waals surface area contributed by atoms with E-state index < -0.39 is 12.1 Å². The zero-order valence-corrected chi connectivity index (χ0v) is 17.5. The minimum absolute atomic E-state index is 0.0853. The largest absolute Gasteiger partial charge is 0.472 e. The Labute approximate surface area is 164 Å². The van der Waals surface area contributed by atoms with Crippen LogP contribution < -0.4 is 4.74 Å². The molecule has 8 nitrogen and oxygen atoms in total. The van der Waals surface area contributed by atoms with E-state index in [-0.39, 0.29) is 30.5 Å². The second-order valence-corrected chi connectivity index (χ2v) is 8.21. The molecule has 1 aromatic rings. The first kappa shape index (κ1) is 21.6. The van der Waals surface area contributed by atoms with Crippen LogP contribution in [0.3, 0.4) is 0 Å². The Morgan fingerprint density at radius 3 is 2.48 bits per heavy atom. The summed E-state index contributed by atoms with van der Waals surface area (Å²) in [6.07, 6.45) is 1.18. The summed E-state index contributed by atoms with van der Waals surface area (Å²) in [6.45, 7) is 10.4. The Kier molecular flexibility index (Phi) is 7.55. The second-order valence-electron chi connectivity index (χ2n) is 7.68. The average Bonchev–Trinajstić information content (AvgIpc) is 3.04. The SMILES string of the molecule is CC(=O)O[C@H](COc1nsnc1C1CCOCC1)CN(C(C)=O)C(C)(C)C. The van der Waals surface area contributed by atoms with E-state index in [4.69, 9.17) is 14.2 Å². The fraction of sp³-hybridized carbons (Fsp3) is 0.778. The molecule has 0 spiro atoms. The van der Waals surface area contributed by atoms with Crippen LogP contribution in [0.2, 0.25) is 0 Å². The van der Waals surface area contributed by atoms with E-state index in [1.165, 1.54) is 13.8 Å². The van der Waals surface area contributed by atoms with Crippen molar-refractivity contribution in [2.24, 2.45) is 0 Å². The lowest BCUT2D eigenvalue weighted by molar-refractivity contribution is -0.153. The van der Waals surface area contributed by atoms with Crippen molar-refractivity contribution in [3.63, 3.8) is 0 Å². The lowest BCUT2D eigenvalue weighted by Crippen LogP contribution is -2.50. The highest BCUT2D eigenvalue weighted by Gasteiger charge is 2.29. The Morgan fingerprint density at radius 2 is 1.93 bits per heavy atom. The molecule has 0 aromatic carbocycles. The average molecular weight is 400 g/mol. The number of aromatic nitrogens is 2. The number of ether oxygens (including phenoxy) is 3. The number of amides is 1. The van der Waals surface area contributed by atoms with Crippen LogP contribution in [-0.2, 0) is 19.1 Å². The molecule has 0 aliphatic carbocycles. The first-order chi connectivity index (χ1) is 12.7. The van der Waals surface area contributed by atoms with Crippen LogP contribution in [0.4, 0.5) is 0 Å². The molecule has 0 N–H and O–H groups in total.